The van der Waals surface area contributed by atoms with Crippen molar-refractivity contribution in [2.24, 2.45) is 5.92 Å². The van der Waals surface area contributed by atoms with Crippen molar-refractivity contribution < 1.29 is 23.1 Å². The molecule has 1 saturated carbocycles. The zero-order chi connectivity index (χ0) is 17.5. The largest absolute Gasteiger partial charge is 0.435 e. The Morgan fingerprint density at radius 3 is 2.42 bits per heavy atom. The highest BCUT2D eigenvalue weighted by atomic mass is 19.3. The number of rotatable bonds is 8. The minimum atomic E-state index is -2.86. The number of benzene rings is 1. The van der Waals surface area contributed by atoms with Crippen molar-refractivity contribution in [3.8, 4) is 5.75 Å². The molecular weight excluding hydrogens is 320 g/mol. The minimum Gasteiger partial charge on any atom is -0.435 e. The molecule has 1 aromatic carbocycles. The van der Waals surface area contributed by atoms with E-state index >= 15 is 0 Å². The summed E-state index contributed by atoms with van der Waals surface area (Å²) >= 11 is 0. The van der Waals surface area contributed by atoms with Gasteiger partial charge in [0.2, 0.25) is 5.91 Å². The first-order valence-electron chi connectivity index (χ1n) is 7.76. The number of nitrogens with one attached hydrogen (secondary N) is 2. The van der Waals surface area contributed by atoms with Crippen LogP contribution in [0.1, 0.15) is 18.4 Å². The molecule has 0 atom stereocenters. The van der Waals surface area contributed by atoms with Gasteiger partial charge in [0, 0.05) is 32.6 Å². The molecule has 0 heterocycles. The number of carbonyl (C=O) groups excluding carboxylic acids is 2. The maximum atomic E-state index is 12.1. The van der Waals surface area contributed by atoms with Crippen LogP contribution in [0, 0.1) is 5.92 Å². The Morgan fingerprint density at radius 2 is 1.83 bits per heavy atom. The van der Waals surface area contributed by atoms with E-state index in [1.54, 1.807) is 19.2 Å². The monoisotopic (exact) mass is 341 g/mol. The van der Waals surface area contributed by atoms with Crippen molar-refractivity contribution >= 4 is 11.9 Å². The predicted molar refractivity (Wildman–Crippen MR) is 83.7 cm³/mol. The molecule has 3 amide bonds. The molecule has 8 heteroatoms. The Hall–Kier alpha value is -2.38. The van der Waals surface area contributed by atoms with Crippen molar-refractivity contribution in [1.82, 2.24) is 15.5 Å². The number of hydrogen-bond acceptors (Lipinski definition) is 3. The van der Waals surface area contributed by atoms with E-state index in [1.807, 2.05) is 0 Å². The molecule has 0 saturated heterocycles. The van der Waals surface area contributed by atoms with E-state index in [0.29, 0.717) is 19.6 Å². The van der Waals surface area contributed by atoms with Gasteiger partial charge in [0.1, 0.15) is 5.75 Å². The molecule has 6 nitrogen and oxygen atoms in total. The second kappa shape index (κ2) is 8.47. The summed E-state index contributed by atoms with van der Waals surface area (Å²) < 4.78 is 28.4. The minimum absolute atomic E-state index is 0.0451. The summed E-state index contributed by atoms with van der Waals surface area (Å²) in [6.07, 6.45) is 1.89. The van der Waals surface area contributed by atoms with E-state index in [2.05, 4.69) is 15.4 Å². The SMILES string of the molecule is CN(Cc1ccc(OC(F)F)cc1)C(=O)NCCNC(=O)C1CC1. The number of ether oxygens (including phenoxy) is 1. The number of halogens is 2. The van der Waals surface area contributed by atoms with Crippen LogP contribution in [0.15, 0.2) is 24.3 Å². The molecule has 1 aliphatic carbocycles. The molecule has 2 N–H and O–H groups in total. The summed E-state index contributed by atoms with van der Waals surface area (Å²) in [7, 11) is 1.63. The summed E-state index contributed by atoms with van der Waals surface area (Å²) in [5, 5.41) is 5.47. The molecule has 132 valence electrons. The van der Waals surface area contributed by atoms with Crippen LogP contribution in [0.3, 0.4) is 0 Å². The third kappa shape index (κ3) is 6.02. The van der Waals surface area contributed by atoms with Gasteiger partial charge in [-0.05, 0) is 30.5 Å². The average Bonchev–Trinajstić information content (AvgIpc) is 3.37. The molecule has 0 spiro atoms. The van der Waals surface area contributed by atoms with Crippen LogP contribution in [0.2, 0.25) is 0 Å². The number of nitrogens with zero attached hydrogens (tertiary/aromatic N) is 1. The highest BCUT2D eigenvalue weighted by Gasteiger charge is 2.29. The number of carbonyl (C=O) groups is 2. The van der Waals surface area contributed by atoms with E-state index in [4.69, 9.17) is 0 Å². The van der Waals surface area contributed by atoms with E-state index in [1.165, 1.54) is 17.0 Å². The van der Waals surface area contributed by atoms with Crippen molar-refractivity contribution in [2.75, 3.05) is 20.1 Å². The van der Waals surface area contributed by atoms with Gasteiger partial charge in [-0.1, -0.05) is 12.1 Å². The van der Waals surface area contributed by atoms with Crippen molar-refractivity contribution in [3.05, 3.63) is 29.8 Å². The fraction of sp³-hybridized carbons (Fsp3) is 0.500. The Morgan fingerprint density at radius 1 is 1.21 bits per heavy atom. The first-order valence-corrected chi connectivity index (χ1v) is 7.76. The van der Waals surface area contributed by atoms with Gasteiger partial charge in [-0.2, -0.15) is 8.78 Å². The van der Waals surface area contributed by atoms with Crippen molar-refractivity contribution in [3.63, 3.8) is 0 Å². The van der Waals surface area contributed by atoms with Gasteiger partial charge < -0.3 is 20.3 Å². The number of hydrogen-bond donors (Lipinski definition) is 2. The van der Waals surface area contributed by atoms with E-state index < -0.39 is 6.61 Å². The molecule has 1 aliphatic rings. The van der Waals surface area contributed by atoms with Crippen molar-refractivity contribution in [2.45, 2.75) is 26.0 Å². The molecule has 0 unspecified atom stereocenters. The Bertz CT molecular complexity index is 562. The molecule has 1 aromatic rings. The quantitative estimate of drug-likeness (QED) is 0.710. The van der Waals surface area contributed by atoms with Crippen LogP contribution in [0.4, 0.5) is 13.6 Å². The van der Waals surface area contributed by atoms with E-state index in [0.717, 1.165) is 18.4 Å². The van der Waals surface area contributed by atoms with Gasteiger partial charge in [0.15, 0.2) is 0 Å². The zero-order valence-electron chi connectivity index (χ0n) is 13.4. The molecular formula is C16H21F2N3O3. The van der Waals surface area contributed by atoms with Crippen LogP contribution >= 0.6 is 0 Å². The highest BCUT2D eigenvalue weighted by Crippen LogP contribution is 2.28. The fourth-order valence-corrected chi connectivity index (χ4v) is 2.10. The zero-order valence-corrected chi connectivity index (χ0v) is 13.4. The normalized spacial score (nSPS) is 13.5. The molecule has 24 heavy (non-hydrogen) atoms. The molecule has 0 radical (unpaired) electrons. The third-order valence-electron chi connectivity index (χ3n) is 3.56. The molecule has 0 aliphatic heterocycles. The van der Waals surface area contributed by atoms with Gasteiger partial charge in [0.05, 0.1) is 0 Å². The van der Waals surface area contributed by atoms with Gasteiger partial charge in [-0.3, -0.25) is 4.79 Å². The second-order valence-corrected chi connectivity index (χ2v) is 5.68. The van der Waals surface area contributed by atoms with Gasteiger partial charge >= 0.3 is 12.6 Å². The molecule has 2 rings (SSSR count). The lowest BCUT2D eigenvalue weighted by Gasteiger charge is -2.18. The number of alkyl halides is 2. The lowest BCUT2D eigenvalue weighted by Crippen LogP contribution is -2.41. The Kier molecular flexibility index (Phi) is 6.34. The Balaban J connectivity index is 1.67. The second-order valence-electron chi connectivity index (χ2n) is 5.68. The lowest BCUT2D eigenvalue weighted by molar-refractivity contribution is -0.122. The summed E-state index contributed by atoms with van der Waals surface area (Å²) in [6.45, 7) is -1.78. The van der Waals surface area contributed by atoms with Crippen LogP contribution in [0.5, 0.6) is 5.75 Å². The maximum absolute atomic E-state index is 12.1. The number of amides is 3. The molecule has 0 aromatic heterocycles. The maximum Gasteiger partial charge on any atom is 0.387 e. The van der Waals surface area contributed by atoms with Crippen molar-refractivity contribution in [1.29, 1.82) is 0 Å². The standard InChI is InChI=1S/C16H21F2N3O3/c1-21(10-11-2-6-13(7-3-11)24-15(17)18)16(23)20-9-8-19-14(22)12-4-5-12/h2-3,6-7,12,15H,4-5,8-10H2,1H3,(H,19,22)(H,20,23). The van der Waals surface area contributed by atoms with E-state index in [-0.39, 0.29) is 23.6 Å². The van der Waals surface area contributed by atoms with Gasteiger partial charge in [0.25, 0.3) is 0 Å². The smallest absolute Gasteiger partial charge is 0.387 e. The topological polar surface area (TPSA) is 70.7 Å². The van der Waals surface area contributed by atoms with Crippen LogP contribution in [-0.4, -0.2) is 43.6 Å². The van der Waals surface area contributed by atoms with Crippen LogP contribution in [-0.2, 0) is 11.3 Å². The molecule has 1 fully saturated rings. The lowest BCUT2D eigenvalue weighted by atomic mass is 10.2. The predicted octanol–water partition coefficient (Wildman–Crippen LogP) is 1.96. The molecule has 0 bridgehead atoms. The Labute approximate surface area is 139 Å². The highest BCUT2D eigenvalue weighted by molar-refractivity contribution is 5.80. The first-order chi connectivity index (χ1) is 11.5. The third-order valence-corrected chi connectivity index (χ3v) is 3.56. The number of urea groups is 1. The van der Waals surface area contributed by atoms with Gasteiger partial charge in [-0.25, -0.2) is 4.79 Å². The average molecular weight is 341 g/mol. The first kappa shape index (κ1) is 18.0. The summed E-state index contributed by atoms with van der Waals surface area (Å²) in [6, 6.07) is 5.83. The van der Waals surface area contributed by atoms with Crippen LogP contribution in [0.25, 0.3) is 0 Å². The summed E-state index contributed by atoms with van der Waals surface area (Å²) in [5.41, 5.74) is 0.788. The van der Waals surface area contributed by atoms with E-state index in [9.17, 15) is 18.4 Å². The summed E-state index contributed by atoms with van der Waals surface area (Å²) in [5.74, 6) is 0.274. The fourth-order valence-electron chi connectivity index (χ4n) is 2.10. The van der Waals surface area contributed by atoms with Gasteiger partial charge in [-0.15, -0.1) is 0 Å². The van der Waals surface area contributed by atoms with Crippen LogP contribution < -0.4 is 15.4 Å². The summed E-state index contributed by atoms with van der Waals surface area (Å²) in [4.78, 5) is 24.8.